The fourth-order valence-corrected chi connectivity index (χ4v) is 1.99. The monoisotopic (exact) mass is 359 g/mol. The summed E-state index contributed by atoms with van der Waals surface area (Å²) in [5.41, 5.74) is 4.46. The second-order valence-corrected chi connectivity index (χ2v) is 5.02. The summed E-state index contributed by atoms with van der Waals surface area (Å²) in [6.45, 7) is 0. The summed E-state index contributed by atoms with van der Waals surface area (Å²) in [5.74, 6) is -0.707. The number of hydrogen-bond acceptors (Lipinski definition) is 3. The maximum atomic E-state index is 13.0. The van der Waals surface area contributed by atoms with Crippen molar-refractivity contribution in [3.8, 4) is 0 Å². The lowest BCUT2D eigenvalue weighted by Crippen LogP contribution is -2.13. The highest BCUT2D eigenvalue weighted by Gasteiger charge is 2.33. The number of primary amides is 1. The highest BCUT2D eigenvalue weighted by Crippen LogP contribution is 2.37. The molecule has 0 aliphatic carbocycles. The van der Waals surface area contributed by atoms with Crippen LogP contribution in [0.2, 0.25) is 0 Å². The number of pyridine rings is 1. The van der Waals surface area contributed by atoms with Crippen molar-refractivity contribution in [3.05, 3.63) is 52.3 Å². The molecule has 1 heterocycles. The van der Waals surface area contributed by atoms with Crippen LogP contribution in [0.5, 0.6) is 0 Å². The second kappa shape index (κ2) is 5.72. The molecule has 1 amide bonds. The molecule has 2 rings (SSSR count). The Balaban J connectivity index is 2.33. The van der Waals surface area contributed by atoms with Crippen molar-refractivity contribution in [2.75, 3.05) is 5.32 Å². The Bertz CT molecular complexity index is 671. The third-order valence-electron chi connectivity index (χ3n) is 2.58. The van der Waals surface area contributed by atoms with E-state index in [1.807, 2.05) is 0 Å². The number of benzene rings is 1. The fourth-order valence-electron chi connectivity index (χ4n) is 1.63. The van der Waals surface area contributed by atoms with Crippen molar-refractivity contribution in [3.63, 3.8) is 0 Å². The van der Waals surface area contributed by atoms with Crippen LogP contribution in [0.15, 0.2) is 41.0 Å². The van der Waals surface area contributed by atoms with Crippen LogP contribution in [-0.4, -0.2) is 10.9 Å². The first-order valence-corrected chi connectivity index (χ1v) is 6.46. The first-order valence-electron chi connectivity index (χ1n) is 5.67. The van der Waals surface area contributed by atoms with Gasteiger partial charge in [0.25, 0.3) is 5.91 Å². The Labute approximate surface area is 126 Å². The van der Waals surface area contributed by atoms with Gasteiger partial charge in [-0.15, -0.1) is 0 Å². The van der Waals surface area contributed by atoms with Gasteiger partial charge < -0.3 is 11.1 Å². The number of aromatic nitrogens is 1. The van der Waals surface area contributed by atoms with Crippen molar-refractivity contribution in [2.45, 2.75) is 6.18 Å². The van der Waals surface area contributed by atoms with Crippen LogP contribution in [0.1, 0.15) is 16.1 Å². The van der Waals surface area contributed by atoms with Crippen LogP contribution >= 0.6 is 15.9 Å². The number of carbonyl (C=O) groups excluding carboxylic acids is 1. The zero-order chi connectivity index (χ0) is 15.6. The van der Waals surface area contributed by atoms with E-state index in [1.54, 1.807) is 0 Å². The largest absolute Gasteiger partial charge is 0.418 e. The zero-order valence-electron chi connectivity index (χ0n) is 10.4. The summed E-state index contributed by atoms with van der Waals surface area (Å²) in [5, 5.41) is 2.62. The molecule has 1 aromatic heterocycles. The fraction of sp³-hybridized carbons (Fsp3) is 0.0769. The molecule has 2 aromatic rings. The van der Waals surface area contributed by atoms with Gasteiger partial charge in [0.2, 0.25) is 0 Å². The van der Waals surface area contributed by atoms with Crippen molar-refractivity contribution in [1.82, 2.24) is 4.98 Å². The van der Waals surface area contributed by atoms with Crippen molar-refractivity contribution in [1.29, 1.82) is 0 Å². The first kappa shape index (κ1) is 15.3. The number of hydrogen-bond donors (Lipinski definition) is 2. The Morgan fingerprint density at radius 2 is 1.95 bits per heavy atom. The van der Waals surface area contributed by atoms with E-state index in [1.165, 1.54) is 30.5 Å². The predicted molar refractivity (Wildman–Crippen MR) is 75.2 cm³/mol. The molecule has 110 valence electrons. The Morgan fingerprint density at radius 3 is 2.48 bits per heavy atom. The molecule has 1 aromatic carbocycles. The number of anilines is 2. The molecule has 0 saturated heterocycles. The first-order chi connectivity index (χ1) is 9.77. The average molecular weight is 360 g/mol. The van der Waals surface area contributed by atoms with E-state index in [9.17, 15) is 18.0 Å². The number of nitrogens with one attached hydrogen (secondary N) is 1. The number of nitrogens with zero attached hydrogens (tertiary/aromatic N) is 1. The van der Waals surface area contributed by atoms with Gasteiger partial charge in [-0.3, -0.25) is 4.79 Å². The van der Waals surface area contributed by atoms with Gasteiger partial charge in [0.1, 0.15) is 5.69 Å². The summed E-state index contributed by atoms with van der Waals surface area (Å²) in [7, 11) is 0. The van der Waals surface area contributed by atoms with Gasteiger partial charge in [-0.2, -0.15) is 13.2 Å². The Kier molecular flexibility index (Phi) is 4.17. The van der Waals surface area contributed by atoms with E-state index in [-0.39, 0.29) is 11.4 Å². The number of rotatable bonds is 3. The van der Waals surface area contributed by atoms with E-state index in [2.05, 4.69) is 26.2 Å². The van der Waals surface area contributed by atoms with Crippen LogP contribution in [-0.2, 0) is 6.18 Å². The Morgan fingerprint density at radius 1 is 1.24 bits per heavy atom. The van der Waals surface area contributed by atoms with Crippen molar-refractivity contribution in [2.24, 2.45) is 5.73 Å². The summed E-state index contributed by atoms with van der Waals surface area (Å²) in [6.07, 6.45) is -3.25. The highest BCUT2D eigenvalue weighted by molar-refractivity contribution is 9.10. The van der Waals surface area contributed by atoms with Crippen LogP contribution in [0, 0.1) is 0 Å². The predicted octanol–water partition coefficient (Wildman–Crippen LogP) is 3.71. The number of alkyl halides is 3. The van der Waals surface area contributed by atoms with Crippen LogP contribution in [0.4, 0.5) is 24.5 Å². The van der Waals surface area contributed by atoms with Crippen molar-refractivity contribution >= 4 is 33.2 Å². The smallest absolute Gasteiger partial charge is 0.364 e. The van der Waals surface area contributed by atoms with Gasteiger partial charge in [-0.25, -0.2) is 4.98 Å². The molecule has 0 radical (unpaired) electrons. The van der Waals surface area contributed by atoms with Crippen LogP contribution < -0.4 is 11.1 Å². The highest BCUT2D eigenvalue weighted by atomic mass is 79.9. The summed E-state index contributed by atoms with van der Waals surface area (Å²) in [4.78, 5) is 14.6. The number of amides is 1. The summed E-state index contributed by atoms with van der Waals surface area (Å²) in [6, 6.07) is 6.53. The van der Waals surface area contributed by atoms with Gasteiger partial charge in [0.05, 0.1) is 23.1 Å². The number of carbonyl (C=O) groups is 1. The maximum Gasteiger partial charge on any atom is 0.418 e. The third-order valence-corrected chi connectivity index (χ3v) is 3.08. The second-order valence-electron chi connectivity index (χ2n) is 4.11. The van der Waals surface area contributed by atoms with E-state index in [0.29, 0.717) is 10.2 Å². The van der Waals surface area contributed by atoms with E-state index in [0.717, 1.165) is 6.07 Å². The number of halogens is 4. The normalized spacial score (nSPS) is 11.2. The Hall–Kier alpha value is -2.09. The molecule has 21 heavy (non-hydrogen) atoms. The van der Waals surface area contributed by atoms with Gasteiger partial charge in [0, 0.05) is 4.47 Å². The minimum Gasteiger partial charge on any atom is -0.364 e. The summed E-state index contributed by atoms with van der Waals surface area (Å²) >= 11 is 3.01. The molecule has 8 heteroatoms. The maximum absolute atomic E-state index is 13.0. The molecule has 0 saturated carbocycles. The molecule has 0 unspecified atom stereocenters. The number of nitrogens with two attached hydrogens (primary N) is 1. The van der Waals surface area contributed by atoms with Gasteiger partial charge in [-0.1, -0.05) is 15.9 Å². The molecule has 0 aliphatic heterocycles. The molecule has 0 spiro atoms. The van der Waals surface area contributed by atoms with Gasteiger partial charge in [-0.05, 0) is 30.3 Å². The lowest BCUT2D eigenvalue weighted by Gasteiger charge is -2.15. The SMILES string of the molecule is NC(=O)c1ccc(Nc2ccc(Br)cc2C(F)(F)F)cn1. The quantitative estimate of drug-likeness (QED) is 0.877. The standard InChI is InChI=1S/C13H9BrF3N3O/c14-7-1-3-10(9(5-7)13(15,16)17)20-8-2-4-11(12(18)21)19-6-8/h1-6,20H,(H2,18,21). The van der Waals surface area contributed by atoms with Gasteiger partial charge >= 0.3 is 6.18 Å². The minimum absolute atomic E-state index is 0.0346. The summed E-state index contributed by atoms with van der Waals surface area (Å²) < 4.78 is 39.2. The molecular formula is C13H9BrF3N3O. The molecule has 0 fully saturated rings. The van der Waals surface area contributed by atoms with Gasteiger partial charge in [0.15, 0.2) is 0 Å². The van der Waals surface area contributed by atoms with E-state index >= 15 is 0 Å². The molecular weight excluding hydrogens is 351 g/mol. The van der Waals surface area contributed by atoms with Crippen molar-refractivity contribution < 1.29 is 18.0 Å². The average Bonchev–Trinajstić information content (AvgIpc) is 2.40. The minimum atomic E-state index is -4.49. The zero-order valence-corrected chi connectivity index (χ0v) is 12.0. The van der Waals surface area contributed by atoms with E-state index < -0.39 is 17.6 Å². The molecule has 0 atom stereocenters. The van der Waals surface area contributed by atoms with Crippen LogP contribution in [0.25, 0.3) is 0 Å². The molecule has 4 nitrogen and oxygen atoms in total. The van der Waals surface area contributed by atoms with Crippen LogP contribution in [0.3, 0.4) is 0 Å². The molecule has 0 aliphatic rings. The topological polar surface area (TPSA) is 68.0 Å². The molecule has 0 bridgehead atoms. The lowest BCUT2D eigenvalue weighted by atomic mass is 10.1. The van der Waals surface area contributed by atoms with E-state index in [4.69, 9.17) is 5.73 Å². The third kappa shape index (κ3) is 3.72. The molecule has 3 N–H and O–H groups in total. The lowest BCUT2D eigenvalue weighted by molar-refractivity contribution is -0.137.